The first-order chi connectivity index (χ1) is 17.6. The Balaban J connectivity index is 1.34. The molecule has 2 aliphatic heterocycles. The van der Waals surface area contributed by atoms with E-state index in [9.17, 15) is 13.2 Å². The Bertz CT molecular complexity index is 1440. The number of ether oxygens (including phenoxy) is 2. The number of nitrogens with zero attached hydrogens (tertiary/aromatic N) is 5. The summed E-state index contributed by atoms with van der Waals surface area (Å²) >= 11 is 0. The molecule has 0 radical (unpaired) electrons. The van der Waals surface area contributed by atoms with Crippen molar-refractivity contribution in [2.75, 3.05) is 51.3 Å². The van der Waals surface area contributed by atoms with Crippen molar-refractivity contribution in [3.8, 4) is 28.4 Å². The topological polar surface area (TPSA) is 77.3 Å². The molecule has 2 aromatic carbocycles. The minimum Gasteiger partial charge on any atom is -0.475 e. The lowest BCUT2D eigenvalue weighted by Crippen LogP contribution is -2.38. The van der Waals surface area contributed by atoms with E-state index < -0.39 is 17.5 Å². The minimum atomic E-state index is -1.25. The van der Waals surface area contributed by atoms with Gasteiger partial charge in [0.15, 0.2) is 11.6 Å². The molecule has 1 fully saturated rings. The molecule has 8 nitrogen and oxygen atoms in total. The monoisotopic (exact) mass is 496 g/mol. The number of fused-ring (bicyclic) bond motifs is 2. The number of nitrogens with one attached hydrogen (secondary N) is 1. The summed E-state index contributed by atoms with van der Waals surface area (Å²) in [5.74, 6) is -2.33. The average Bonchev–Trinajstić information content (AvgIpc) is 3.48. The van der Waals surface area contributed by atoms with Gasteiger partial charge in [-0.15, -0.1) is 0 Å². The molecule has 2 aromatic heterocycles. The van der Waals surface area contributed by atoms with Crippen LogP contribution in [0, 0.1) is 17.5 Å². The molecule has 0 aliphatic carbocycles. The van der Waals surface area contributed by atoms with Crippen LogP contribution >= 0.6 is 0 Å². The molecule has 1 N–H and O–H groups in total. The van der Waals surface area contributed by atoms with Crippen LogP contribution in [0.25, 0.3) is 33.5 Å². The molecule has 36 heavy (non-hydrogen) atoms. The summed E-state index contributed by atoms with van der Waals surface area (Å²) in [5.41, 5.74) is 2.65. The van der Waals surface area contributed by atoms with Crippen LogP contribution in [0.15, 0.2) is 36.5 Å². The lowest BCUT2D eigenvalue weighted by molar-refractivity contribution is 0.0320. The van der Waals surface area contributed by atoms with Crippen molar-refractivity contribution in [3.05, 3.63) is 54.0 Å². The first-order valence-corrected chi connectivity index (χ1v) is 11.8. The lowest BCUT2D eigenvalue weighted by Gasteiger charge is -2.26. The number of halogens is 3. The van der Waals surface area contributed by atoms with Gasteiger partial charge in [-0.05, 0) is 18.2 Å². The normalized spacial score (nSPS) is 15.8. The van der Waals surface area contributed by atoms with Gasteiger partial charge in [0.1, 0.15) is 18.1 Å². The maximum Gasteiger partial charge on any atom is 0.232 e. The Morgan fingerprint density at radius 3 is 2.64 bits per heavy atom. The minimum absolute atomic E-state index is 0.112. The summed E-state index contributed by atoms with van der Waals surface area (Å²) in [6, 6.07) is 6.84. The van der Waals surface area contributed by atoms with E-state index in [-0.39, 0.29) is 11.3 Å². The van der Waals surface area contributed by atoms with Gasteiger partial charge in [-0.25, -0.2) is 28.1 Å². The maximum absolute atomic E-state index is 14.7. The van der Waals surface area contributed by atoms with E-state index in [4.69, 9.17) is 9.47 Å². The molecule has 2 aliphatic rings. The predicted molar refractivity (Wildman–Crippen MR) is 127 cm³/mol. The van der Waals surface area contributed by atoms with E-state index in [2.05, 4.69) is 25.2 Å². The third kappa shape index (κ3) is 4.24. The van der Waals surface area contributed by atoms with E-state index in [1.165, 1.54) is 0 Å². The Morgan fingerprint density at radius 1 is 0.944 bits per heavy atom. The summed E-state index contributed by atoms with van der Waals surface area (Å²) in [4.78, 5) is 15.8. The molecule has 6 rings (SSSR count). The number of morpholine rings is 1. The van der Waals surface area contributed by atoms with E-state index in [0.29, 0.717) is 59.9 Å². The number of hydrogen-bond acceptors (Lipinski definition) is 7. The van der Waals surface area contributed by atoms with Crippen LogP contribution in [0.1, 0.15) is 0 Å². The second kappa shape index (κ2) is 9.40. The van der Waals surface area contributed by atoms with Gasteiger partial charge in [0, 0.05) is 49.9 Å². The summed E-state index contributed by atoms with van der Waals surface area (Å²) in [6.45, 7) is 5.69. The Hall–Kier alpha value is -3.70. The van der Waals surface area contributed by atoms with Crippen molar-refractivity contribution in [3.63, 3.8) is 0 Å². The zero-order valence-corrected chi connectivity index (χ0v) is 19.3. The van der Waals surface area contributed by atoms with Crippen LogP contribution in [-0.2, 0) is 11.3 Å². The Kier molecular flexibility index (Phi) is 5.94. The molecule has 0 spiro atoms. The van der Waals surface area contributed by atoms with E-state index in [0.717, 1.165) is 38.9 Å². The van der Waals surface area contributed by atoms with Crippen LogP contribution in [0.5, 0.6) is 5.88 Å². The van der Waals surface area contributed by atoms with Crippen LogP contribution in [0.3, 0.4) is 0 Å². The fraction of sp³-hybridized carbons (Fsp3) is 0.320. The molecule has 11 heteroatoms. The van der Waals surface area contributed by atoms with Crippen LogP contribution in [0.4, 0.5) is 19.1 Å². The molecule has 0 amide bonds. The fourth-order valence-electron chi connectivity index (χ4n) is 4.58. The first-order valence-electron chi connectivity index (χ1n) is 11.8. The fourth-order valence-corrected chi connectivity index (χ4v) is 4.58. The predicted octanol–water partition coefficient (Wildman–Crippen LogP) is 3.71. The van der Waals surface area contributed by atoms with Crippen molar-refractivity contribution in [2.45, 2.75) is 6.54 Å². The highest BCUT2D eigenvalue weighted by atomic mass is 19.2. The number of imidazole rings is 1. The van der Waals surface area contributed by atoms with Gasteiger partial charge in [-0.2, -0.15) is 0 Å². The number of hydrogen-bond donors (Lipinski definition) is 1. The third-order valence-corrected chi connectivity index (χ3v) is 6.41. The second-order valence-corrected chi connectivity index (χ2v) is 8.67. The van der Waals surface area contributed by atoms with Crippen molar-refractivity contribution < 1.29 is 22.6 Å². The van der Waals surface area contributed by atoms with Crippen molar-refractivity contribution in [1.29, 1.82) is 0 Å². The van der Waals surface area contributed by atoms with Gasteiger partial charge in [0.2, 0.25) is 11.8 Å². The van der Waals surface area contributed by atoms with Crippen LogP contribution in [-0.4, -0.2) is 70.4 Å². The molecule has 186 valence electrons. The average molecular weight is 496 g/mol. The van der Waals surface area contributed by atoms with E-state index in [1.807, 2.05) is 22.8 Å². The number of aromatic nitrogens is 4. The first kappa shape index (κ1) is 22.7. The zero-order chi connectivity index (χ0) is 24.6. The van der Waals surface area contributed by atoms with Gasteiger partial charge >= 0.3 is 0 Å². The van der Waals surface area contributed by atoms with Crippen molar-refractivity contribution in [1.82, 2.24) is 24.4 Å². The standard InChI is InChI=1S/C25H23F3N6O2/c26-17-13-19(28)18(27)12-16(17)23-24(34-4-3-29-25(34)32-23)15-1-2-20-21(11-15)31-22(14-30-20)36-10-7-33-5-8-35-9-6-33/h1-2,11-14H,3-10H2,(H,29,32). The Morgan fingerprint density at radius 2 is 1.78 bits per heavy atom. The van der Waals surface area contributed by atoms with Gasteiger partial charge < -0.3 is 19.4 Å². The van der Waals surface area contributed by atoms with Crippen molar-refractivity contribution >= 4 is 17.0 Å². The largest absolute Gasteiger partial charge is 0.475 e. The molecule has 4 aromatic rings. The quantitative estimate of drug-likeness (QED) is 0.408. The molecular formula is C25H23F3N6O2. The molecule has 0 bridgehead atoms. The van der Waals surface area contributed by atoms with Gasteiger partial charge in [0.05, 0.1) is 36.1 Å². The van der Waals surface area contributed by atoms with Gasteiger partial charge in [-0.1, -0.05) is 6.07 Å². The van der Waals surface area contributed by atoms with Crippen LogP contribution in [0.2, 0.25) is 0 Å². The number of benzene rings is 2. The summed E-state index contributed by atoms with van der Waals surface area (Å²) < 4.78 is 55.4. The van der Waals surface area contributed by atoms with Crippen LogP contribution < -0.4 is 10.1 Å². The molecule has 0 atom stereocenters. The molecule has 4 heterocycles. The Labute approximate surface area is 204 Å². The summed E-state index contributed by atoms with van der Waals surface area (Å²) in [7, 11) is 0. The summed E-state index contributed by atoms with van der Waals surface area (Å²) in [6.07, 6.45) is 1.59. The SMILES string of the molecule is Fc1cc(F)c(-c2nc3n(c2-c2ccc4ncc(OCCN5CCOCC5)nc4c2)CCN3)cc1F. The highest BCUT2D eigenvalue weighted by Crippen LogP contribution is 2.38. The van der Waals surface area contributed by atoms with Crippen molar-refractivity contribution in [2.24, 2.45) is 0 Å². The zero-order valence-electron chi connectivity index (χ0n) is 19.3. The molecule has 1 saturated heterocycles. The van der Waals surface area contributed by atoms with Gasteiger partial charge in [-0.3, -0.25) is 4.90 Å². The highest BCUT2D eigenvalue weighted by molar-refractivity contribution is 5.87. The lowest BCUT2D eigenvalue weighted by atomic mass is 10.0. The van der Waals surface area contributed by atoms with Gasteiger partial charge in [0.25, 0.3) is 0 Å². The molecular weight excluding hydrogens is 473 g/mol. The molecule has 0 unspecified atom stereocenters. The maximum atomic E-state index is 14.7. The highest BCUT2D eigenvalue weighted by Gasteiger charge is 2.26. The van der Waals surface area contributed by atoms with E-state index >= 15 is 0 Å². The molecule has 0 saturated carbocycles. The second-order valence-electron chi connectivity index (χ2n) is 8.67. The third-order valence-electron chi connectivity index (χ3n) is 6.41. The van der Waals surface area contributed by atoms with E-state index in [1.54, 1.807) is 6.20 Å². The summed E-state index contributed by atoms with van der Waals surface area (Å²) in [5, 5.41) is 3.14. The smallest absolute Gasteiger partial charge is 0.232 e. The number of anilines is 1. The number of rotatable bonds is 6.